The van der Waals surface area contributed by atoms with Gasteiger partial charge in [-0.25, -0.2) is 4.79 Å². The van der Waals surface area contributed by atoms with Crippen LogP contribution in [0.5, 0.6) is 0 Å². The van der Waals surface area contributed by atoms with Gasteiger partial charge in [0.25, 0.3) is 0 Å². The van der Waals surface area contributed by atoms with Crippen LogP contribution >= 0.6 is 11.6 Å². The number of rotatable bonds is 4. The van der Waals surface area contributed by atoms with E-state index in [2.05, 4.69) is 4.74 Å². The van der Waals surface area contributed by atoms with Gasteiger partial charge in [-0.2, -0.15) is 0 Å². The highest BCUT2D eigenvalue weighted by Crippen LogP contribution is 2.05. The molecule has 0 aliphatic heterocycles. The van der Waals surface area contributed by atoms with Gasteiger partial charge in [0.15, 0.2) is 5.56 Å². The first-order valence-electron chi connectivity index (χ1n) is 4.07. The van der Waals surface area contributed by atoms with Crippen LogP contribution in [0.25, 0.3) is 0 Å². The molecule has 0 heterocycles. The van der Waals surface area contributed by atoms with Crippen LogP contribution in [-0.4, -0.2) is 17.8 Å². The Morgan fingerprint density at radius 1 is 1.42 bits per heavy atom. The van der Waals surface area contributed by atoms with E-state index in [1.807, 2.05) is 13.8 Å². The van der Waals surface area contributed by atoms with E-state index in [1.54, 1.807) is 6.92 Å². The van der Waals surface area contributed by atoms with E-state index >= 15 is 0 Å². The van der Waals surface area contributed by atoms with Gasteiger partial charge in [-0.15, -0.1) is 0 Å². The van der Waals surface area contributed by atoms with Crippen molar-refractivity contribution in [3.63, 3.8) is 0 Å². The fraction of sp³-hybridized carbons (Fsp3) is 0.875. The summed E-state index contributed by atoms with van der Waals surface area (Å²) in [6, 6.07) is 0. The quantitative estimate of drug-likeness (QED) is 0.510. The molecular formula is C8H15ClO3. The number of halogens is 1. The van der Waals surface area contributed by atoms with Crippen molar-refractivity contribution >= 4 is 17.8 Å². The Morgan fingerprint density at radius 2 is 2.00 bits per heavy atom. The van der Waals surface area contributed by atoms with Crippen molar-refractivity contribution in [1.82, 2.24) is 0 Å². The van der Waals surface area contributed by atoms with Crippen molar-refractivity contribution in [1.29, 1.82) is 0 Å². The lowest BCUT2D eigenvalue weighted by molar-refractivity contribution is 0.0220. The SMILES string of the molecule is CCCC(C)OC(=O)OC(C)Cl. The van der Waals surface area contributed by atoms with Crippen LogP contribution in [0.4, 0.5) is 4.79 Å². The highest BCUT2D eigenvalue weighted by molar-refractivity contribution is 6.19. The summed E-state index contributed by atoms with van der Waals surface area (Å²) in [6.45, 7) is 5.41. The Hall–Kier alpha value is -0.440. The van der Waals surface area contributed by atoms with Crippen molar-refractivity contribution in [3.05, 3.63) is 0 Å². The van der Waals surface area contributed by atoms with Crippen LogP contribution in [-0.2, 0) is 9.47 Å². The molecule has 0 rings (SSSR count). The molecule has 12 heavy (non-hydrogen) atoms. The molecule has 0 spiro atoms. The van der Waals surface area contributed by atoms with Gasteiger partial charge in [-0.1, -0.05) is 24.9 Å². The predicted octanol–water partition coefficient (Wildman–Crippen LogP) is 2.91. The van der Waals surface area contributed by atoms with Crippen molar-refractivity contribution < 1.29 is 14.3 Å². The monoisotopic (exact) mass is 194 g/mol. The molecular weight excluding hydrogens is 180 g/mol. The second kappa shape index (κ2) is 6.12. The smallest absolute Gasteiger partial charge is 0.431 e. The molecule has 3 nitrogen and oxygen atoms in total. The molecule has 0 saturated heterocycles. The summed E-state index contributed by atoms with van der Waals surface area (Å²) in [5, 5.41) is 0. The van der Waals surface area contributed by atoms with Crippen LogP contribution in [0.2, 0.25) is 0 Å². The third-order valence-corrected chi connectivity index (χ3v) is 1.34. The summed E-state index contributed by atoms with van der Waals surface area (Å²) in [5.41, 5.74) is -0.633. The third kappa shape index (κ3) is 6.28. The average molecular weight is 195 g/mol. The Morgan fingerprint density at radius 3 is 2.42 bits per heavy atom. The zero-order chi connectivity index (χ0) is 9.56. The van der Waals surface area contributed by atoms with E-state index in [1.165, 1.54) is 0 Å². The maximum atomic E-state index is 10.8. The first kappa shape index (κ1) is 11.6. The average Bonchev–Trinajstić information content (AvgIpc) is 1.84. The molecule has 0 N–H and O–H groups in total. The Balaban J connectivity index is 3.54. The van der Waals surface area contributed by atoms with Crippen LogP contribution in [0.3, 0.4) is 0 Å². The first-order valence-corrected chi connectivity index (χ1v) is 4.51. The van der Waals surface area contributed by atoms with E-state index in [0.29, 0.717) is 0 Å². The summed E-state index contributed by atoms with van der Waals surface area (Å²) >= 11 is 5.41. The maximum absolute atomic E-state index is 10.8. The zero-order valence-electron chi connectivity index (χ0n) is 7.67. The van der Waals surface area contributed by atoms with Gasteiger partial charge in [-0.05, 0) is 20.3 Å². The minimum Gasteiger partial charge on any atom is -0.431 e. The molecule has 0 aromatic rings. The van der Waals surface area contributed by atoms with Crippen LogP contribution < -0.4 is 0 Å². The molecule has 2 atom stereocenters. The maximum Gasteiger partial charge on any atom is 0.510 e. The van der Waals surface area contributed by atoms with Gasteiger partial charge in [0.1, 0.15) is 6.10 Å². The zero-order valence-corrected chi connectivity index (χ0v) is 8.43. The molecule has 0 aliphatic carbocycles. The van der Waals surface area contributed by atoms with E-state index in [9.17, 15) is 4.79 Å². The summed E-state index contributed by atoms with van der Waals surface area (Å²) in [7, 11) is 0. The van der Waals surface area contributed by atoms with Gasteiger partial charge in [0, 0.05) is 0 Å². The highest BCUT2D eigenvalue weighted by Gasteiger charge is 2.11. The number of alkyl halides is 1. The summed E-state index contributed by atoms with van der Waals surface area (Å²) in [4.78, 5) is 10.8. The fourth-order valence-corrected chi connectivity index (χ4v) is 0.863. The Kier molecular flexibility index (Phi) is 5.89. The van der Waals surface area contributed by atoms with E-state index in [4.69, 9.17) is 16.3 Å². The summed E-state index contributed by atoms with van der Waals surface area (Å²) < 4.78 is 9.43. The lowest BCUT2D eigenvalue weighted by atomic mass is 10.2. The number of hydrogen-bond donors (Lipinski definition) is 0. The molecule has 72 valence electrons. The number of carbonyl (C=O) groups excluding carboxylic acids is 1. The van der Waals surface area contributed by atoms with Gasteiger partial charge in [0.2, 0.25) is 0 Å². The van der Waals surface area contributed by atoms with Crippen LogP contribution in [0.15, 0.2) is 0 Å². The lowest BCUT2D eigenvalue weighted by Crippen LogP contribution is -2.17. The molecule has 0 aliphatic rings. The second-order valence-corrected chi connectivity index (χ2v) is 3.24. The highest BCUT2D eigenvalue weighted by atomic mass is 35.5. The number of carbonyl (C=O) groups is 1. The molecule has 0 saturated carbocycles. The molecule has 0 aromatic carbocycles. The molecule has 2 unspecified atom stereocenters. The van der Waals surface area contributed by atoms with Gasteiger partial charge < -0.3 is 9.47 Å². The number of ether oxygens (including phenoxy) is 2. The summed E-state index contributed by atoms with van der Waals surface area (Å²) in [5.74, 6) is 0. The van der Waals surface area contributed by atoms with Crippen molar-refractivity contribution in [3.8, 4) is 0 Å². The number of hydrogen-bond acceptors (Lipinski definition) is 3. The summed E-state index contributed by atoms with van der Waals surface area (Å²) in [6.07, 6.45) is 1.02. The molecule has 0 bridgehead atoms. The Bertz CT molecular complexity index is 136. The molecule has 0 radical (unpaired) electrons. The minimum atomic E-state index is -0.696. The van der Waals surface area contributed by atoms with Gasteiger partial charge in [0.05, 0.1) is 0 Å². The van der Waals surface area contributed by atoms with Crippen LogP contribution in [0.1, 0.15) is 33.6 Å². The minimum absolute atomic E-state index is 0.0992. The first-order chi connectivity index (χ1) is 5.56. The van der Waals surface area contributed by atoms with Gasteiger partial charge in [-0.3, -0.25) is 0 Å². The van der Waals surface area contributed by atoms with E-state index in [-0.39, 0.29) is 6.10 Å². The molecule has 0 amide bonds. The van der Waals surface area contributed by atoms with Crippen LogP contribution in [0, 0.1) is 0 Å². The van der Waals surface area contributed by atoms with E-state index < -0.39 is 11.7 Å². The van der Waals surface area contributed by atoms with Crippen molar-refractivity contribution in [2.75, 3.05) is 0 Å². The topological polar surface area (TPSA) is 35.5 Å². The predicted molar refractivity (Wildman–Crippen MR) is 47.3 cm³/mol. The largest absolute Gasteiger partial charge is 0.510 e. The second-order valence-electron chi connectivity index (χ2n) is 2.63. The third-order valence-electron chi connectivity index (χ3n) is 1.25. The molecule has 0 fully saturated rings. The van der Waals surface area contributed by atoms with E-state index in [0.717, 1.165) is 12.8 Å². The molecule has 4 heteroatoms. The van der Waals surface area contributed by atoms with Crippen molar-refractivity contribution in [2.24, 2.45) is 0 Å². The lowest BCUT2D eigenvalue weighted by Gasteiger charge is -2.12. The van der Waals surface area contributed by atoms with Crippen molar-refractivity contribution in [2.45, 2.75) is 45.3 Å². The fourth-order valence-electron chi connectivity index (χ4n) is 0.790. The van der Waals surface area contributed by atoms with Gasteiger partial charge >= 0.3 is 6.16 Å². The standard InChI is InChI=1S/C8H15ClO3/c1-4-5-6(2)11-8(10)12-7(3)9/h6-7H,4-5H2,1-3H3. The normalized spacial score (nSPS) is 15.0. The Labute approximate surface area is 78.0 Å². The molecule has 0 aromatic heterocycles.